The van der Waals surface area contributed by atoms with Gasteiger partial charge in [-0.25, -0.2) is 28.6 Å². The van der Waals surface area contributed by atoms with Crippen LogP contribution in [0.3, 0.4) is 0 Å². The van der Waals surface area contributed by atoms with E-state index in [4.69, 9.17) is 29.0 Å². The second-order valence-electron chi connectivity index (χ2n) is 3.75. The van der Waals surface area contributed by atoms with E-state index in [1.165, 1.54) is 0 Å². The summed E-state index contributed by atoms with van der Waals surface area (Å²) in [7, 11) is -3.97. The summed E-state index contributed by atoms with van der Waals surface area (Å²) in [4.78, 5) is 7.14. The Morgan fingerprint density at radius 2 is 1.67 bits per heavy atom. The molecule has 1 heterocycles. The monoisotopic (exact) mass is 351 g/mol. The Kier molecular flexibility index (Phi) is 4.47. The molecule has 0 aliphatic carbocycles. The number of benzene rings is 1. The number of nitrogens with zero attached hydrogens (tertiary/aromatic N) is 2. The normalized spacial score (nSPS) is 11.2. The molecule has 0 atom stereocenters. The number of hydrazine groups is 1. The number of sulfonamides is 1. The number of nitrogens with two attached hydrogens (primary N) is 1. The van der Waals surface area contributed by atoms with Crippen LogP contribution in [-0.2, 0) is 10.0 Å². The maximum absolute atomic E-state index is 13.3. The van der Waals surface area contributed by atoms with Crippen LogP contribution in [0.2, 0.25) is 10.0 Å². The fourth-order valence-electron chi connectivity index (χ4n) is 1.36. The van der Waals surface area contributed by atoms with Gasteiger partial charge >= 0.3 is 0 Å². The smallest absolute Gasteiger partial charge is 0.264 e. The summed E-state index contributed by atoms with van der Waals surface area (Å²) in [6.45, 7) is 0. The molecule has 0 saturated heterocycles. The van der Waals surface area contributed by atoms with Gasteiger partial charge in [0.15, 0.2) is 5.82 Å². The lowest BCUT2D eigenvalue weighted by molar-refractivity contribution is 0.600. The van der Waals surface area contributed by atoms with Crippen molar-refractivity contribution in [3.8, 4) is 0 Å². The first-order valence-corrected chi connectivity index (χ1v) is 7.53. The predicted molar refractivity (Wildman–Crippen MR) is 77.1 cm³/mol. The van der Waals surface area contributed by atoms with Crippen LogP contribution in [-0.4, -0.2) is 18.4 Å². The third-order valence-electron chi connectivity index (χ3n) is 2.30. The van der Waals surface area contributed by atoms with Gasteiger partial charge in [0.2, 0.25) is 5.95 Å². The highest BCUT2D eigenvalue weighted by molar-refractivity contribution is 7.92. The molecular weight excluding hydrogens is 344 g/mol. The number of nitrogens with one attached hydrogen (secondary N) is 2. The molecule has 21 heavy (non-hydrogen) atoms. The van der Waals surface area contributed by atoms with Crippen molar-refractivity contribution in [2.75, 3.05) is 10.1 Å². The molecule has 0 bridgehead atoms. The Balaban J connectivity index is 2.32. The molecule has 0 saturated carbocycles. The second-order valence-corrected chi connectivity index (χ2v) is 6.24. The van der Waals surface area contributed by atoms with Gasteiger partial charge in [-0.2, -0.15) is 0 Å². The minimum absolute atomic E-state index is 0.00688. The fraction of sp³-hybridized carbons (Fsp3) is 0. The molecule has 0 amide bonds. The molecule has 4 N–H and O–H groups in total. The Labute approximate surface area is 129 Å². The number of rotatable bonds is 4. The minimum Gasteiger partial charge on any atom is -0.292 e. The van der Waals surface area contributed by atoms with E-state index in [2.05, 4.69) is 20.1 Å². The highest BCUT2D eigenvalue weighted by atomic mass is 35.5. The van der Waals surface area contributed by atoms with Crippen LogP contribution in [0.4, 0.5) is 16.0 Å². The molecule has 1 aromatic carbocycles. The fourth-order valence-corrected chi connectivity index (χ4v) is 2.77. The molecule has 0 spiro atoms. The maximum Gasteiger partial charge on any atom is 0.264 e. The summed E-state index contributed by atoms with van der Waals surface area (Å²) in [6.07, 6.45) is 2.11. The Morgan fingerprint density at radius 1 is 1.14 bits per heavy atom. The Bertz CT molecular complexity index is 747. The first kappa shape index (κ1) is 15.7. The van der Waals surface area contributed by atoms with Crippen molar-refractivity contribution in [1.82, 2.24) is 9.97 Å². The first-order valence-electron chi connectivity index (χ1n) is 5.29. The molecule has 7 nitrogen and oxygen atoms in total. The first-order chi connectivity index (χ1) is 9.83. The zero-order chi connectivity index (χ0) is 15.6. The zero-order valence-electron chi connectivity index (χ0n) is 10.1. The van der Waals surface area contributed by atoms with Gasteiger partial charge in [-0.15, -0.1) is 0 Å². The van der Waals surface area contributed by atoms with Crippen molar-refractivity contribution in [2.45, 2.75) is 4.90 Å². The second kappa shape index (κ2) is 5.98. The number of anilines is 2. The minimum atomic E-state index is -3.97. The van der Waals surface area contributed by atoms with Crippen molar-refractivity contribution in [2.24, 2.45) is 5.84 Å². The van der Waals surface area contributed by atoms with E-state index >= 15 is 0 Å². The SMILES string of the molecule is NNc1ncc(S(=O)(=O)Nc2cc(Cl)c(F)c(Cl)c2)cn1. The zero-order valence-corrected chi connectivity index (χ0v) is 12.5. The summed E-state index contributed by atoms with van der Waals surface area (Å²) in [5.41, 5.74) is 2.17. The quantitative estimate of drug-likeness (QED) is 0.441. The lowest BCUT2D eigenvalue weighted by Crippen LogP contribution is -2.15. The molecule has 0 aliphatic heterocycles. The van der Waals surface area contributed by atoms with Gasteiger partial charge in [0.25, 0.3) is 10.0 Å². The lowest BCUT2D eigenvalue weighted by Gasteiger charge is -2.09. The van der Waals surface area contributed by atoms with Gasteiger partial charge in [0, 0.05) is 0 Å². The summed E-state index contributed by atoms with van der Waals surface area (Å²) < 4.78 is 39.6. The van der Waals surface area contributed by atoms with E-state index in [9.17, 15) is 12.8 Å². The van der Waals surface area contributed by atoms with Crippen LogP contribution in [0.1, 0.15) is 0 Å². The maximum atomic E-state index is 13.3. The van der Waals surface area contributed by atoms with Gasteiger partial charge < -0.3 is 0 Å². The highest BCUT2D eigenvalue weighted by Gasteiger charge is 2.17. The summed E-state index contributed by atoms with van der Waals surface area (Å²) in [5.74, 6) is 4.30. The van der Waals surface area contributed by atoms with Gasteiger partial charge in [-0.1, -0.05) is 23.2 Å². The van der Waals surface area contributed by atoms with Crippen molar-refractivity contribution in [1.29, 1.82) is 0 Å². The number of aromatic nitrogens is 2. The molecule has 1 aromatic heterocycles. The molecular formula is C10H8Cl2FN5O2S. The standard InChI is InChI=1S/C10H8Cl2FN5O2S/c11-7-1-5(2-8(12)9(7)13)18-21(19,20)6-3-15-10(17-14)16-4-6/h1-4,18H,14H2,(H,15,16,17). The van der Waals surface area contributed by atoms with Crippen LogP contribution in [0.25, 0.3) is 0 Å². The highest BCUT2D eigenvalue weighted by Crippen LogP contribution is 2.28. The van der Waals surface area contributed by atoms with Crippen molar-refractivity contribution in [3.63, 3.8) is 0 Å². The number of hydrogen-bond acceptors (Lipinski definition) is 6. The van der Waals surface area contributed by atoms with Gasteiger partial charge in [0.1, 0.15) is 4.90 Å². The van der Waals surface area contributed by atoms with Crippen LogP contribution in [0.15, 0.2) is 29.4 Å². The largest absolute Gasteiger partial charge is 0.292 e. The van der Waals surface area contributed by atoms with Gasteiger partial charge in [0.05, 0.1) is 28.1 Å². The molecule has 0 unspecified atom stereocenters. The van der Waals surface area contributed by atoms with Gasteiger partial charge in [-0.05, 0) is 12.1 Å². The van der Waals surface area contributed by atoms with E-state index in [-0.39, 0.29) is 26.6 Å². The molecule has 0 radical (unpaired) electrons. The van der Waals surface area contributed by atoms with E-state index in [1.54, 1.807) is 0 Å². The van der Waals surface area contributed by atoms with Gasteiger partial charge in [-0.3, -0.25) is 10.1 Å². The Hall–Kier alpha value is -1.68. The topological polar surface area (TPSA) is 110 Å². The molecule has 2 rings (SSSR count). The van der Waals surface area contributed by atoms with Crippen LogP contribution < -0.4 is 16.0 Å². The Morgan fingerprint density at radius 3 is 2.14 bits per heavy atom. The molecule has 2 aromatic rings. The summed E-state index contributed by atoms with van der Waals surface area (Å²) in [5, 5.41) is -0.613. The molecule has 0 aliphatic rings. The van der Waals surface area contributed by atoms with Crippen LogP contribution >= 0.6 is 23.2 Å². The lowest BCUT2D eigenvalue weighted by atomic mass is 10.3. The van der Waals surface area contributed by atoms with Crippen molar-refractivity contribution in [3.05, 3.63) is 40.4 Å². The van der Waals surface area contributed by atoms with E-state index in [1.807, 2.05) is 0 Å². The number of nitrogen functional groups attached to an aromatic ring is 1. The van der Waals surface area contributed by atoms with Crippen molar-refractivity contribution < 1.29 is 12.8 Å². The summed E-state index contributed by atoms with van der Waals surface area (Å²) >= 11 is 11.2. The van der Waals surface area contributed by atoms with E-state index in [0.29, 0.717) is 0 Å². The molecule has 0 fully saturated rings. The predicted octanol–water partition coefficient (Wildman–Crippen LogP) is 2.01. The summed E-state index contributed by atoms with van der Waals surface area (Å²) in [6, 6.07) is 2.19. The van der Waals surface area contributed by atoms with E-state index < -0.39 is 15.8 Å². The third kappa shape index (κ3) is 3.50. The molecule has 112 valence electrons. The number of hydrogen-bond donors (Lipinski definition) is 3. The number of halogens is 3. The van der Waals surface area contributed by atoms with Crippen LogP contribution in [0.5, 0.6) is 0 Å². The van der Waals surface area contributed by atoms with Crippen LogP contribution in [0, 0.1) is 5.82 Å². The third-order valence-corrected chi connectivity index (χ3v) is 4.19. The average molecular weight is 352 g/mol. The molecule has 11 heteroatoms. The van der Waals surface area contributed by atoms with Crippen molar-refractivity contribution >= 4 is 44.9 Å². The average Bonchev–Trinajstić information content (AvgIpc) is 2.44. The van der Waals surface area contributed by atoms with E-state index in [0.717, 1.165) is 24.5 Å².